The van der Waals surface area contributed by atoms with E-state index in [4.69, 9.17) is 10.2 Å². The van der Waals surface area contributed by atoms with Crippen molar-refractivity contribution in [3.8, 4) is 0 Å². The maximum atomic E-state index is 12.1. The van der Waals surface area contributed by atoms with Crippen molar-refractivity contribution in [1.82, 2.24) is 10.3 Å². The van der Waals surface area contributed by atoms with E-state index in [-0.39, 0.29) is 11.8 Å². The minimum absolute atomic E-state index is 0.280. The molecule has 1 atom stereocenters. The van der Waals surface area contributed by atoms with Crippen molar-refractivity contribution in [2.75, 3.05) is 0 Å². The SMILES string of the molecule is C/C=C(\C)CC(NC(=O)/C(O)=C/c1ncoc1C(C)(C)C)C(N)=O. The van der Waals surface area contributed by atoms with Crippen LogP contribution in [0.25, 0.3) is 6.08 Å². The highest BCUT2D eigenvalue weighted by atomic mass is 16.3. The Morgan fingerprint density at radius 1 is 1.46 bits per heavy atom. The van der Waals surface area contributed by atoms with Gasteiger partial charge in [-0.3, -0.25) is 9.59 Å². The van der Waals surface area contributed by atoms with Crippen molar-refractivity contribution >= 4 is 17.9 Å². The van der Waals surface area contributed by atoms with Gasteiger partial charge in [0.2, 0.25) is 5.91 Å². The third-order valence-corrected chi connectivity index (χ3v) is 3.45. The summed E-state index contributed by atoms with van der Waals surface area (Å²) < 4.78 is 5.32. The van der Waals surface area contributed by atoms with E-state index >= 15 is 0 Å². The summed E-state index contributed by atoms with van der Waals surface area (Å²) in [5.74, 6) is -1.50. The average molecular weight is 335 g/mol. The predicted octanol–water partition coefficient (Wildman–Crippen LogP) is 2.20. The van der Waals surface area contributed by atoms with Crippen molar-refractivity contribution < 1.29 is 19.1 Å². The van der Waals surface area contributed by atoms with Crippen LogP contribution in [0, 0.1) is 0 Å². The lowest BCUT2D eigenvalue weighted by Crippen LogP contribution is -2.45. The minimum Gasteiger partial charge on any atom is -0.503 e. The Bertz CT molecular complexity index is 666. The van der Waals surface area contributed by atoms with Crippen molar-refractivity contribution in [1.29, 1.82) is 0 Å². The lowest BCUT2D eigenvalue weighted by atomic mass is 9.91. The molecule has 1 unspecified atom stereocenters. The van der Waals surface area contributed by atoms with Crippen LogP contribution in [0.1, 0.15) is 52.5 Å². The van der Waals surface area contributed by atoms with Gasteiger partial charge in [-0.05, 0) is 20.3 Å². The average Bonchev–Trinajstić information content (AvgIpc) is 2.94. The molecule has 4 N–H and O–H groups in total. The van der Waals surface area contributed by atoms with Crippen LogP contribution in [0.4, 0.5) is 0 Å². The van der Waals surface area contributed by atoms with Crippen molar-refractivity contribution in [3.05, 3.63) is 35.3 Å². The molecular formula is C17H25N3O4. The Morgan fingerprint density at radius 3 is 2.58 bits per heavy atom. The number of amides is 2. The summed E-state index contributed by atoms with van der Waals surface area (Å²) in [5.41, 5.74) is 6.21. The number of hydrogen-bond donors (Lipinski definition) is 3. The normalized spacial score (nSPS) is 14.4. The van der Waals surface area contributed by atoms with E-state index in [2.05, 4.69) is 10.3 Å². The first-order chi connectivity index (χ1) is 11.1. The zero-order valence-corrected chi connectivity index (χ0v) is 14.7. The maximum Gasteiger partial charge on any atom is 0.286 e. The number of aliphatic hydroxyl groups is 1. The molecule has 0 aromatic carbocycles. The topological polar surface area (TPSA) is 118 Å². The lowest BCUT2D eigenvalue weighted by molar-refractivity contribution is -0.126. The molecule has 132 valence electrons. The zero-order valence-electron chi connectivity index (χ0n) is 14.7. The number of carbonyl (C=O) groups excluding carboxylic acids is 2. The molecule has 0 radical (unpaired) electrons. The predicted molar refractivity (Wildman–Crippen MR) is 91.0 cm³/mol. The van der Waals surface area contributed by atoms with E-state index in [1.807, 2.05) is 40.7 Å². The number of hydrogen-bond acceptors (Lipinski definition) is 5. The van der Waals surface area contributed by atoms with E-state index in [0.717, 1.165) is 5.57 Å². The van der Waals surface area contributed by atoms with E-state index in [0.29, 0.717) is 11.5 Å². The van der Waals surface area contributed by atoms with Gasteiger partial charge >= 0.3 is 0 Å². The van der Waals surface area contributed by atoms with Gasteiger partial charge in [0.05, 0.1) is 0 Å². The molecule has 0 saturated heterocycles. The van der Waals surface area contributed by atoms with Gasteiger partial charge in [0.25, 0.3) is 5.91 Å². The molecule has 1 rings (SSSR count). The quantitative estimate of drug-likeness (QED) is 0.418. The Balaban J connectivity index is 2.94. The highest BCUT2D eigenvalue weighted by molar-refractivity contribution is 5.98. The van der Waals surface area contributed by atoms with Gasteiger partial charge in [-0.25, -0.2) is 4.98 Å². The van der Waals surface area contributed by atoms with Gasteiger partial charge in [-0.2, -0.15) is 0 Å². The second-order valence-corrected chi connectivity index (χ2v) is 6.61. The monoisotopic (exact) mass is 335 g/mol. The molecule has 0 aliphatic carbocycles. The van der Waals surface area contributed by atoms with Crippen LogP contribution in [0.2, 0.25) is 0 Å². The Kier molecular flexibility index (Phi) is 6.34. The fourth-order valence-corrected chi connectivity index (χ4v) is 2.01. The molecule has 0 aliphatic rings. The first kappa shape index (κ1) is 19.5. The first-order valence-corrected chi connectivity index (χ1v) is 7.62. The maximum absolute atomic E-state index is 12.1. The molecule has 24 heavy (non-hydrogen) atoms. The molecule has 1 aromatic rings. The Hall–Kier alpha value is -2.57. The molecule has 1 aromatic heterocycles. The summed E-state index contributed by atoms with van der Waals surface area (Å²) in [4.78, 5) is 27.6. The summed E-state index contributed by atoms with van der Waals surface area (Å²) in [6, 6.07) is -0.899. The number of aliphatic hydroxyl groups excluding tert-OH is 1. The summed E-state index contributed by atoms with van der Waals surface area (Å²) >= 11 is 0. The second-order valence-electron chi connectivity index (χ2n) is 6.61. The van der Waals surface area contributed by atoms with Gasteiger partial charge in [-0.15, -0.1) is 0 Å². The van der Waals surface area contributed by atoms with Gasteiger partial charge in [0.15, 0.2) is 12.2 Å². The summed E-state index contributed by atoms with van der Waals surface area (Å²) in [7, 11) is 0. The Morgan fingerprint density at radius 2 is 2.08 bits per heavy atom. The highest BCUT2D eigenvalue weighted by Crippen LogP contribution is 2.26. The molecule has 0 spiro atoms. The van der Waals surface area contributed by atoms with Crippen LogP contribution in [-0.4, -0.2) is 27.9 Å². The molecule has 0 fully saturated rings. The third-order valence-electron chi connectivity index (χ3n) is 3.45. The largest absolute Gasteiger partial charge is 0.503 e. The van der Waals surface area contributed by atoms with Crippen LogP contribution in [0.5, 0.6) is 0 Å². The van der Waals surface area contributed by atoms with Gasteiger partial charge < -0.3 is 20.6 Å². The number of primary amides is 1. The number of nitrogens with one attached hydrogen (secondary N) is 1. The van der Waals surface area contributed by atoms with E-state index in [9.17, 15) is 14.7 Å². The third kappa shape index (κ3) is 5.26. The number of allylic oxidation sites excluding steroid dienone is 1. The fourth-order valence-electron chi connectivity index (χ4n) is 2.01. The van der Waals surface area contributed by atoms with Crippen molar-refractivity contribution in [2.24, 2.45) is 5.73 Å². The van der Waals surface area contributed by atoms with E-state index in [1.54, 1.807) is 0 Å². The number of oxazole rings is 1. The second kappa shape index (κ2) is 7.81. The van der Waals surface area contributed by atoms with Crippen molar-refractivity contribution in [3.63, 3.8) is 0 Å². The number of nitrogens with zero attached hydrogens (tertiary/aromatic N) is 1. The molecule has 2 amide bonds. The van der Waals surface area contributed by atoms with Crippen LogP contribution < -0.4 is 11.1 Å². The van der Waals surface area contributed by atoms with E-state index in [1.165, 1.54) is 12.5 Å². The number of rotatable bonds is 6. The molecule has 0 aliphatic heterocycles. The zero-order chi connectivity index (χ0) is 18.5. The van der Waals surface area contributed by atoms with Gasteiger partial charge in [-0.1, -0.05) is 32.4 Å². The fraction of sp³-hybridized carbons (Fsp3) is 0.471. The molecule has 0 bridgehead atoms. The molecule has 7 nitrogen and oxygen atoms in total. The van der Waals surface area contributed by atoms with Crippen LogP contribution in [-0.2, 0) is 15.0 Å². The van der Waals surface area contributed by atoms with Crippen LogP contribution >= 0.6 is 0 Å². The van der Waals surface area contributed by atoms with Gasteiger partial charge in [0.1, 0.15) is 17.5 Å². The van der Waals surface area contributed by atoms with Crippen LogP contribution in [0.3, 0.4) is 0 Å². The molecule has 7 heteroatoms. The standard InChI is InChI=1S/C17H25N3O4/c1-6-10(2)7-12(15(18)22)20-16(23)13(21)8-11-14(17(3,4)5)24-9-19-11/h6,8-9,12,21H,7H2,1-5H3,(H2,18,22)(H,20,23)/b10-6+,13-8-. The summed E-state index contributed by atoms with van der Waals surface area (Å²) in [6.45, 7) is 9.41. The first-order valence-electron chi connectivity index (χ1n) is 7.62. The van der Waals surface area contributed by atoms with Gasteiger partial charge in [0, 0.05) is 11.5 Å². The van der Waals surface area contributed by atoms with E-state index < -0.39 is 23.6 Å². The number of aromatic nitrogens is 1. The molecule has 0 saturated carbocycles. The molecule has 1 heterocycles. The van der Waals surface area contributed by atoms with Crippen LogP contribution in [0.15, 0.2) is 28.2 Å². The highest BCUT2D eigenvalue weighted by Gasteiger charge is 2.24. The summed E-state index contributed by atoms with van der Waals surface area (Å²) in [6.07, 6.45) is 4.56. The minimum atomic E-state index is -0.899. The summed E-state index contributed by atoms with van der Waals surface area (Å²) in [5, 5.41) is 12.4. The smallest absolute Gasteiger partial charge is 0.286 e. The number of carbonyl (C=O) groups is 2. The lowest BCUT2D eigenvalue weighted by Gasteiger charge is -2.16. The molecular weight excluding hydrogens is 310 g/mol. The van der Waals surface area contributed by atoms with Crippen molar-refractivity contribution in [2.45, 2.75) is 52.5 Å². The number of nitrogens with two attached hydrogens (primary N) is 1. The Labute approximate surface area is 141 Å².